The van der Waals surface area contributed by atoms with Gasteiger partial charge in [-0.3, -0.25) is 0 Å². The standard InChI is InChI=1S/C6HF5O4S.Li/c7-1-2(8)4(10)6(5(11)3(1)9)15-16(12,13)14;/h(H,12,13,14);/q;+1/p-1. The van der Waals surface area contributed by atoms with Crippen LogP contribution in [0.1, 0.15) is 0 Å². The van der Waals surface area contributed by atoms with E-state index in [4.69, 9.17) is 0 Å². The van der Waals surface area contributed by atoms with Crippen LogP contribution in [-0.2, 0) is 10.4 Å². The fourth-order valence-corrected chi connectivity index (χ4v) is 1.11. The molecule has 0 amide bonds. The Balaban J connectivity index is 0.00000256. The summed E-state index contributed by atoms with van der Waals surface area (Å²) in [4.78, 5) is 0. The van der Waals surface area contributed by atoms with Crippen molar-refractivity contribution in [2.75, 3.05) is 0 Å². The SMILES string of the molecule is O=S(=O)([O-])Oc1c(F)c(F)c(F)c(F)c1F.[Li+]. The summed E-state index contributed by atoms with van der Waals surface area (Å²) in [6.45, 7) is 0. The molecule has 0 aliphatic heterocycles. The molecule has 0 saturated carbocycles. The third-order valence-electron chi connectivity index (χ3n) is 1.35. The molecule has 0 aliphatic rings. The summed E-state index contributed by atoms with van der Waals surface area (Å²) in [5, 5.41) is 0. The van der Waals surface area contributed by atoms with E-state index in [0.717, 1.165) is 0 Å². The number of hydrogen-bond acceptors (Lipinski definition) is 4. The third-order valence-corrected chi connectivity index (χ3v) is 1.73. The summed E-state index contributed by atoms with van der Waals surface area (Å²) in [7, 11) is -5.65. The van der Waals surface area contributed by atoms with E-state index in [9.17, 15) is 34.9 Å². The number of rotatable bonds is 2. The summed E-state index contributed by atoms with van der Waals surface area (Å²) in [5.74, 6) is -14.6. The molecular weight excluding hydrogens is 270 g/mol. The van der Waals surface area contributed by atoms with Gasteiger partial charge in [0, 0.05) is 0 Å². The molecule has 1 aromatic carbocycles. The maximum Gasteiger partial charge on any atom is 1.00 e. The van der Waals surface area contributed by atoms with Gasteiger partial charge in [0.2, 0.25) is 34.8 Å². The van der Waals surface area contributed by atoms with E-state index in [1.807, 2.05) is 0 Å². The van der Waals surface area contributed by atoms with Crippen molar-refractivity contribution < 1.29 is 58.0 Å². The molecule has 0 saturated heterocycles. The zero-order valence-electron chi connectivity index (χ0n) is 7.93. The largest absolute Gasteiger partial charge is 1.00 e. The Kier molecular flexibility index (Phi) is 4.97. The van der Waals surface area contributed by atoms with Gasteiger partial charge in [0.05, 0.1) is 0 Å². The molecular formula is C6F5LiO4S. The Morgan fingerprint density at radius 1 is 0.824 bits per heavy atom. The first kappa shape index (κ1) is 16.2. The van der Waals surface area contributed by atoms with Gasteiger partial charge in [-0.05, 0) is 0 Å². The van der Waals surface area contributed by atoms with Crippen LogP contribution in [0, 0.1) is 29.1 Å². The summed E-state index contributed by atoms with van der Waals surface area (Å²) in [5.41, 5.74) is 0. The predicted octanol–water partition coefficient (Wildman–Crippen LogP) is -1.77. The smallest absolute Gasteiger partial charge is 0.716 e. The molecule has 4 nitrogen and oxygen atoms in total. The molecule has 0 bridgehead atoms. The van der Waals surface area contributed by atoms with Gasteiger partial charge in [0.1, 0.15) is 0 Å². The molecule has 11 heteroatoms. The fraction of sp³-hybridized carbons (Fsp3) is 0. The molecule has 0 heterocycles. The van der Waals surface area contributed by atoms with Crippen molar-refractivity contribution in [1.29, 1.82) is 0 Å². The zero-order chi connectivity index (χ0) is 12.7. The third kappa shape index (κ3) is 3.32. The van der Waals surface area contributed by atoms with Gasteiger partial charge >= 0.3 is 18.9 Å². The van der Waals surface area contributed by atoms with E-state index in [1.165, 1.54) is 0 Å². The van der Waals surface area contributed by atoms with E-state index in [2.05, 4.69) is 4.18 Å². The van der Waals surface area contributed by atoms with Gasteiger partial charge in [-0.25, -0.2) is 21.6 Å². The fourth-order valence-electron chi connectivity index (χ4n) is 0.760. The minimum absolute atomic E-state index is 0. The Bertz CT molecular complexity index is 517. The van der Waals surface area contributed by atoms with Crippen molar-refractivity contribution in [2.45, 2.75) is 0 Å². The Morgan fingerprint density at radius 3 is 1.41 bits per heavy atom. The second-order valence-electron chi connectivity index (χ2n) is 2.39. The molecule has 90 valence electrons. The average Bonchev–Trinajstić information content (AvgIpc) is 2.17. The first-order valence-electron chi connectivity index (χ1n) is 3.32. The second-order valence-corrected chi connectivity index (χ2v) is 3.37. The molecule has 0 fully saturated rings. The number of hydrogen-bond donors (Lipinski definition) is 0. The van der Waals surface area contributed by atoms with Crippen LogP contribution in [0.4, 0.5) is 22.0 Å². The van der Waals surface area contributed by atoms with Crippen molar-refractivity contribution in [3.8, 4) is 5.75 Å². The van der Waals surface area contributed by atoms with Crippen molar-refractivity contribution in [3.63, 3.8) is 0 Å². The summed E-state index contributed by atoms with van der Waals surface area (Å²) in [6.07, 6.45) is 0. The van der Waals surface area contributed by atoms with E-state index in [1.54, 1.807) is 0 Å². The molecule has 0 spiro atoms. The maximum atomic E-state index is 12.7. The molecule has 0 unspecified atom stereocenters. The van der Waals surface area contributed by atoms with E-state index >= 15 is 0 Å². The maximum absolute atomic E-state index is 12.7. The molecule has 17 heavy (non-hydrogen) atoms. The Hall–Kier alpha value is -0.823. The normalized spacial score (nSPS) is 10.9. The second kappa shape index (κ2) is 5.22. The first-order valence-corrected chi connectivity index (χ1v) is 4.65. The van der Waals surface area contributed by atoms with Gasteiger partial charge in [0.15, 0.2) is 0 Å². The summed E-state index contributed by atoms with van der Waals surface area (Å²) < 4.78 is 95.7. The van der Waals surface area contributed by atoms with Gasteiger partial charge in [-0.15, -0.1) is 0 Å². The molecule has 0 N–H and O–H groups in total. The van der Waals surface area contributed by atoms with E-state index in [0.29, 0.717) is 0 Å². The Morgan fingerprint density at radius 2 is 1.12 bits per heavy atom. The van der Waals surface area contributed by atoms with Gasteiger partial charge in [0.25, 0.3) is 10.4 Å². The van der Waals surface area contributed by atoms with Crippen LogP contribution in [0.3, 0.4) is 0 Å². The number of halogens is 5. The quantitative estimate of drug-likeness (QED) is 0.159. The van der Waals surface area contributed by atoms with Gasteiger partial charge in [-0.1, -0.05) is 0 Å². The van der Waals surface area contributed by atoms with Crippen LogP contribution in [0.5, 0.6) is 5.75 Å². The van der Waals surface area contributed by atoms with Gasteiger partial charge < -0.3 is 8.74 Å². The summed E-state index contributed by atoms with van der Waals surface area (Å²) in [6, 6.07) is 0. The minimum atomic E-state index is -5.65. The molecule has 0 aromatic heterocycles. The van der Waals surface area contributed by atoms with E-state index < -0.39 is 45.2 Å². The first-order chi connectivity index (χ1) is 7.15. The van der Waals surface area contributed by atoms with Crippen LogP contribution < -0.4 is 23.0 Å². The van der Waals surface area contributed by atoms with Crippen LogP contribution in [0.2, 0.25) is 0 Å². The Labute approximate surface area is 104 Å². The molecule has 1 rings (SSSR count). The minimum Gasteiger partial charge on any atom is -0.716 e. The topological polar surface area (TPSA) is 66.4 Å². The van der Waals surface area contributed by atoms with Crippen LogP contribution in [0.15, 0.2) is 0 Å². The molecule has 0 atom stereocenters. The molecule has 1 aromatic rings. The molecule has 0 aliphatic carbocycles. The zero-order valence-corrected chi connectivity index (χ0v) is 8.75. The summed E-state index contributed by atoms with van der Waals surface area (Å²) >= 11 is 0. The number of benzene rings is 1. The van der Waals surface area contributed by atoms with Crippen molar-refractivity contribution in [3.05, 3.63) is 29.1 Å². The van der Waals surface area contributed by atoms with E-state index in [-0.39, 0.29) is 18.9 Å². The van der Waals surface area contributed by atoms with Crippen molar-refractivity contribution in [1.82, 2.24) is 0 Å². The molecule has 0 radical (unpaired) electrons. The monoisotopic (exact) mass is 270 g/mol. The predicted molar refractivity (Wildman–Crippen MR) is 36.6 cm³/mol. The average molecular weight is 270 g/mol. The van der Waals surface area contributed by atoms with Crippen LogP contribution in [0.25, 0.3) is 0 Å². The van der Waals surface area contributed by atoms with Gasteiger partial charge in [-0.2, -0.15) is 8.78 Å². The van der Waals surface area contributed by atoms with Crippen molar-refractivity contribution in [2.24, 2.45) is 0 Å². The van der Waals surface area contributed by atoms with Crippen LogP contribution >= 0.6 is 0 Å². The van der Waals surface area contributed by atoms with Crippen LogP contribution in [-0.4, -0.2) is 13.0 Å². The van der Waals surface area contributed by atoms with Crippen molar-refractivity contribution >= 4 is 10.4 Å².